The van der Waals surface area contributed by atoms with Crippen LogP contribution in [0.2, 0.25) is 0 Å². The van der Waals surface area contributed by atoms with E-state index in [2.05, 4.69) is 15.1 Å². The lowest BCUT2D eigenvalue weighted by Crippen LogP contribution is -2.31. The Bertz CT molecular complexity index is 1810. The fourth-order valence-electron chi connectivity index (χ4n) is 5.57. The Morgan fingerprint density at radius 2 is 1.98 bits per heavy atom. The van der Waals surface area contributed by atoms with Gasteiger partial charge in [0.1, 0.15) is 29.5 Å². The van der Waals surface area contributed by atoms with Crippen molar-refractivity contribution in [3.05, 3.63) is 94.6 Å². The maximum Gasteiger partial charge on any atom is 0.335 e. The average molecular weight is 572 g/mol. The van der Waals surface area contributed by atoms with Crippen molar-refractivity contribution in [2.45, 2.75) is 51.5 Å². The highest BCUT2D eigenvalue weighted by Gasteiger charge is 2.24. The van der Waals surface area contributed by atoms with E-state index in [1.165, 1.54) is 17.8 Å². The van der Waals surface area contributed by atoms with Crippen LogP contribution in [0.15, 0.2) is 54.6 Å². The molecule has 0 amide bonds. The second-order valence-corrected chi connectivity index (χ2v) is 10.6. The second-order valence-electron chi connectivity index (χ2n) is 10.6. The van der Waals surface area contributed by atoms with Crippen LogP contribution in [0.5, 0.6) is 5.88 Å². The number of imidazole rings is 1. The van der Waals surface area contributed by atoms with E-state index in [1.54, 1.807) is 34.9 Å². The van der Waals surface area contributed by atoms with Crippen molar-refractivity contribution in [2.75, 3.05) is 6.61 Å². The number of aromatic nitrogens is 5. The van der Waals surface area contributed by atoms with Crippen LogP contribution < -0.4 is 4.74 Å². The van der Waals surface area contributed by atoms with Gasteiger partial charge in [0.2, 0.25) is 5.88 Å². The SMILES string of the molecule is O=C(O)c1cc(F)c2nc(Cc3ccc(-c4cccc(OCc5cc6n(n5)CCC6)n4)c(F)c3)n(C[C@@H]3CCO3)c2c1. The van der Waals surface area contributed by atoms with E-state index in [9.17, 15) is 14.3 Å². The summed E-state index contributed by atoms with van der Waals surface area (Å²) in [6, 6.07) is 14.5. The number of halogens is 2. The van der Waals surface area contributed by atoms with Crippen molar-refractivity contribution in [1.82, 2.24) is 24.3 Å². The summed E-state index contributed by atoms with van der Waals surface area (Å²) in [4.78, 5) is 20.5. The number of hydrogen-bond acceptors (Lipinski definition) is 6. The van der Waals surface area contributed by atoms with Crippen molar-refractivity contribution in [3.8, 4) is 17.1 Å². The van der Waals surface area contributed by atoms with Gasteiger partial charge in [-0.15, -0.1) is 0 Å². The number of carbonyl (C=O) groups is 1. The van der Waals surface area contributed by atoms with Crippen molar-refractivity contribution < 1.29 is 28.2 Å². The molecule has 42 heavy (non-hydrogen) atoms. The summed E-state index contributed by atoms with van der Waals surface area (Å²) < 4.78 is 45.5. The van der Waals surface area contributed by atoms with E-state index in [1.807, 2.05) is 10.7 Å². The standard InChI is InChI=1S/C31H27F2N5O4/c32-24-11-18(12-28-35-30-25(33)13-19(31(39)40)14-27(30)37(28)16-22-8-10-41-22)6-7-23(24)26-4-1-5-29(34-26)42-17-20-15-21-3-2-9-38(21)36-20/h1,4-7,11,13-15,22H,2-3,8-10,12,16-17H2,(H,39,40)/t22-/m0/s1. The number of fused-ring (bicyclic) bond motifs is 2. The molecule has 5 aromatic rings. The summed E-state index contributed by atoms with van der Waals surface area (Å²) in [6.07, 6.45) is 3.10. The highest BCUT2D eigenvalue weighted by molar-refractivity contribution is 5.92. The molecule has 1 saturated heterocycles. The molecule has 5 heterocycles. The van der Waals surface area contributed by atoms with Gasteiger partial charge in [0, 0.05) is 36.9 Å². The zero-order valence-corrected chi connectivity index (χ0v) is 22.6. The van der Waals surface area contributed by atoms with E-state index in [0.717, 1.165) is 37.6 Å². The summed E-state index contributed by atoms with van der Waals surface area (Å²) in [7, 11) is 0. The molecule has 0 spiro atoms. The molecule has 9 nitrogen and oxygen atoms in total. The molecule has 1 N–H and O–H groups in total. The third-order valence-electron chi connectivity index (χ3n) is 7.79. The maximum atomic E-state index is 15.4. The Kier molecular flexibility index (Phi) is 6.66. The number of aryl methyl sites for hydroxylation is 2. The Morgan fingerprint density at radius 3 is 2.74 bits per heavy atom. The molecule has 0 unspecified atom stereocenters. The molecule has 0 aliphatic carbocycles. The molecule has 1 fully saturated rings. The minimum atomic E-state index is -1.23. The first-order chi connectivity index (χ1) is 20.4. The number of carboxylic acids is 1. The molecule has 214 valence electrons. The minimum absolute atomic E-state index is 0.0765. The van der Waals surface area contributed by atoms with Gasteiger partial charge in [0.05, 0.1) is 29.4 Å². The number of aromatic carboxylic acids is 1. The van der Waals surface area contributed by atoms with E-state index in [0.29, 0.717) is 47.2 Å². The van der Waals surface area contributed by atoms with Crippen LogP contribution in [0.1, 0.15) is 46.0 Å². The summed E-state index contributed by atoms with van der Waals surface area (Å²) in [5.74, 6) is -1.54. The molecule has 2 aliphatic rings. The first kappa shape index (κ1) is 26.3. The van der Waals surface area contributed by atoms with Gasteiger partial charge in [-0.25, -0.2) is 23.5 Å². The summed E-state index contributed by atoms with van der Waals surface area (Å²) in [6.45, 7) is 2.24. The third-order valence-corrected chi connectivity index (χ3v) is 7.79. The van der Waals surface area contributed by atoms with E-state index >= 15 is 4.39 Å². The predicted molar refractivity (Wildman–Crippen MR) is 148 cm³/mol. The number of benzene rings is 2. The number of ether oxygens (including phenoxy) is 2. The largest absolute Gasteiger partial charge is 0.478 e. The van der Waals surface area contributed by atoms with Crippen LogP contribution in [-0.4, -0.2) is 48.1 Å². The Labute approximate surface area is 239 Å². The van der Waals surface area contributed by atoms with E-state index in [4.69, 9.17) is 9.47 Å². The van der Waals surface area contributed by atoms with Gasteiger partial charge < -0.3 is 19.1 Å². The number of rotatable bonds is 9. The molecule has 2 aromatic carbocycles. The van der Waals surface area contributed by atoms with Crippen LogP contribution in [0.4, 0.5) is 8.78 Å². The lowest BCUT2D eigenvalue weighted by Gasteiger charge is -2.27. The van der Waals surface area contributed by atoms with Crippen molar-refractivity contribution in [3.63, 3.8) is 0 Å². The molecule has 3 aromatic heterocycles. The van der Waals surface area contributed by atoms with Gasteiger partial charge in [-0.1, -0.05) is 12.1 Å². The Hall–Kier alpha value is -4.64. The van der Waals surface area contributed by atoms with Gasteiger partial charge in [0.15, 0.2) is 5.82 Å². The smallest absolute Gasteiger partial charge is 0.335 e. The normalized spacial score (nSPS) is 16.0. The topological polar surface area (TPSA) is 104 Å². The molecule has 11 heteroatoms. The van der Waals surface area contributed by atoms with Crippen LogP contribution in [0, 0.1) is 11.6 Å². The minimum Gasteiger partial charge on any atom is -0.478 e. The van der Waals surface area contributed by atoms with Crippen molar-refractivity contribution in [2.24, 2.45) is 0 Å². The van der Waals surface area contributed by atoms with Crippen molar-refractivity contribution in [1.29, 1.82) is 0 Å². The van der Waals surface area contributed by atoms with Gasteiger partial charge >= 0.3 is 5.97 Å². The Balaban J connectivity index is 1.13. The molecule has 0 saturated carbocycles. The summed E-state index contributed by atoms with van der Waals surface area (Å²) >= 11 is 0. The quantitative estimate of drug-likeness (QED) is 0.260. The number of carboxylic acid groups (broad SMARTS) is 1. The van der Waals surface area contributed by atoms with Crippen LogP contribution in [-0.2, 0) is 37.3 Å². The fourth-order valence-corrected chi connectivity index (χ4v) is 5.57. The molecule has 0 radical (unpaired) electrons. The lowest BCUT2D eigenvalue weighted by molar-refractivity contribution is -0.0589. The fraction of sp³-hybridized carbons (Fsp3) is 0.290. The molecule has 0 bridgehead atoms. The van der Waals surface area contributed by atoms with Crippen LogP contribution >= 0.6 is 0 Å². The van der Waals surface area contributed by atoms with Gasteiger partial charge in [-0.2, -0.15) is 5.10 Å². The molecule has 7 rings (SSSR count). The zero-order chi connectivity index (χ0) is 28.8. The van der Waals surface area contributed by atoms with Gasteiger partial charge in [0.25, 0.3) is 0 Å². The average Bonchev–Trinajstić information content (AvgIpc) is 3.64. The predicted octanol–water partition coefficient (Wildman–Crippen LogP) is 5.18. The van der Waals surface area contributed by atoms with Gasteiger partial charge in [-0.3, -0.25) is 4.68 Å². The molecule has 1 atom stereocenters. The summed E-state index contributed by atoms with van der Waals surface area (Å²) in [5.41, 5.74) is 3.70. The van der Waals surface area contributed by atoms with E-state index in [-0.39, 0.29) is 30.2 Å². The number of hydrogen-bond donors (Lipinski definition) is 1. The zero-order valence-electron chi connectivity index (χ0n) is 22.6. The van der Waals surface area contributed by atoms with E-state index < -0.39 is 17.6 Å². The first-order valence-corrected chi connectivity index (χ1v) is 13.9. The molecular weight excluding hydrogens is 544 g/mol. The maximum absolute atomic E-state index is 15.4. The van der Waals surface area contributed by atoms with Crippen LogP contribution in [0.3, 0.4) is 0 Å². The highest BCUT2D eigenvalue weighted by Crippen LogP contribution is 2.28. The van der Waals surface area contributed by atoms with Crippen molar-refractivity contribution >= 4 is 17.0 Å². The van der Waals surface area contributed by atoms with Crippen LogP contribution in [0.25, 0.3) is 22.3 Å². The molecule has 2 aliphatic heterocycles. The van der Waals surface area contributed by atoms with Gasteiger partial charge in [-0.05, 0) is 61.2 Å². The highest BCUT2D eigenvalue weighted by atomic mass is 19.1. The second kappa shape index (κ2) is 10.6. The Morgan fingerprint density at radius 1 is 1.10 bits per heavy atom. The summed E-state index contributed by atoms with van der Waals surface area (Å²) in [5, 5.41) is 14.0. The monoisotopic (exact) mass is 571 g/mol. The first-order valence-electron chi connectivity index (χ1n) is 13.9. The third kappa shape index (κ3) is 5.00. The number of nitrogens with zero attached hydrogens (tertiary/aromatic N) is 5. The lowest BCUT2D eigenvalue weighted by atomic mass is 10.1. The number of pyridine rings is 1. The molecular formula is C31H27F2N5O4.